The van der Waals surface area contributed by atoms with Gasteiger partial charge in [-0.3, -0.25) is 14.6 Å². The van der Waals surface area contributed by atoms with Gasteiger partial charge in [-0.1, -0.05) is 6.92 Å². The smallest absolute Gasteiger partial charge is 0.268 e. The van der Waals surface area contributed by atoms with Crippen LogP contribution in [0.5, 0.6) is 0 Å². The third-order valence-electron chi connectivity index (χ3n) is 4.34. The summed E-state index contributed by atoms with van der Waals surface area (Å²) in [5.41, 5.74) is 0.744. The molecule has 3 rings (SSSR count). The number of fused-ring (bicyclic) bond motifs is 1. The Hall–Kier alpha value is -1.28. The van der Waals surface area contributed by atoms with E-state index in [1.165, 1.54) is 11.3 Å². The summed E-state index contributed by atoms with van der Waals surface area (Å²) in [6.07, 6.45) is 0.972. The van der Waals surface area contributed by atoms with Gasteiger partial charge in [-0.05, 0) is 17.9 Å². The molecule has 0 spiro atoms. The second-order valence-corrected chi connectivity index (χ2v) is 6.62. The highest BCUT2D eigenvalue weighted by Gasteiger charge is 2.22. The van der Waals surface area contributed by atoms with Gasteiger partial charge < -0.3 is 10.1 Å². The van der Waals surface area contributed by atoms with Crippen molar-refractivity contribution in [3.05, 3.63) is 27.6 Å². The predicted molar refractivity (Wildman–Crippen MR) is 88.3 cm³/mol. The van der Waals surface area contributed by atoms with E-state index in [4.69, 9.17) is 0 Å². The summed E-state index contributed by atoms with van der Waals surface area (Å²) in [6, 6.07) is 2.16. The van der Waals surface area contributed by atoms with Crippen molar-refractivity contribution >= 4 is 21.6 Å². The Kier molecular flexibility index (Phi) is 4.87. The number of rotatable bonds is 5. The Morgan fingerprint density at radius 2 is 2.18 bits per heavy atom. The monoisotopic (exact) mass is 322 g/mol. The molecule has 0 aromatic carbocycles. The summed E-state index contributed by atoms with van der Waals surface area (Å²) >= 11 is 1.43. The molecule has 0 aliphatic carbocycles. The molecule has 1 atom stereocenters. The van der Waals surface area contributed by atoms with Crippen LogP contribution >= 0.6 is 11.3 Å². The Labute approximate surface area is 133 Å². The third kappa shape index (κ3) is 3.22. The molecule has 22 heavy (non-hydrogen) atoms. The molecule has 120 valence electrons. The zero-order chi connectivity index (χ0) is 15.5. The Bertz CT molecular complexity index is 671. The van der Waals surface area contributed by atoms with Gasteiger partial charge in [0.1, 0.15) is 10.5 Å². The number of nitrogens with one attached hydrogen (secondary N) is 1. The fourth-order valence-electron chi connectivity index (χ4n) is 3.00. The van der Waals surface area contributed by atoms with Crippen molar-refractivity contribution in [3.8, 4) is 0 Å². The van der Waals surface area contributed by atoms with E-state index in [2.05, 4.69) is 26.7 Å². The molecule has 2 N–H and O–H groups in total. The van der Waals surface area contributed by atoms with Gasteiger partial charge in [-0.2, -0.15) is 0 Å². The predicted octanol–water partition coefficient (Wildman–Crippen LogP) is 0.873. The molecule has 1 fully saturated rings. The minimum atomic E-state index is -0.0417. The standard InChI is InChI=1S/C15H22N4O2S/c1-2-11(10-20)19-6-4-18(5-7-19)9-13-16-12-3-8-22-14(12)15(21)17-13/h3,8,11,20H,2,4-7,9-10H2,1H3,(H,16,17,21). The van der Waals surface area contributed by atoms with Gasteiger partial charge in [0.2, 0.25) is 0 Å². The lowest BCUT2D eigenvalue weighted by Crippen LogP contribution is -2.51. The van der Waals surface area contributed by atoms with Gasteiger partial charge >= 0.3 is 0 Å². The minimum absolute atomic E-state index is 0.0417. The molecule has 0 saturated carbocycles. The molecule has 1 aliphatic heterocycles. The summed E-state index contributed by atoms with van der Waals surface area (Å²) in [7, 11) is 0. The van der Waals surface area contributed by atoms with Crippen LogP contribution in [0.15, 0.2) is 16.2 Å². The highest BCUT2D eigenvalue weighted by Crippen LogP contribution is 2.15. The van der Waals surface area contributed by atoms with E-state index in [0.29, 0.717) is 11.2 Å². The number of piperazine rings is 1. The number of nitrogens with zero attached hydrogens (tertiary/aromatic N) is 3. The van der Waals surface area contributed by atoms with Gasteiger partial charge in [-0.15, -0.1) is 11.3 Å². The molecular formula is C15H22N4O2S. The van der Waals surface area contributed by atoms with E-state index in [9.17, 15) is 9.90 Å². The van der Waals surface area contributed by atoms with E-state index < -0.39 is 0 Å². The number of aliphatic hydroxyl groups excluding tert-OH is 1. The second kappa shape index (κ2) is 6.87. The Morgan fingerprint density at radius 1 is 1.41 bits per heavy atom. The molecule has 1 unspecified atom stereocenters. The molecule has 2 aromatic heterocycles. The normalized spacial score (nSPS) is 18.8. The van der Waals surface area contributed by atoms with Gasteiger partial charge in [0.15, 0.2) is 0 Å². The van der Waals surface area contributed by atoms with Gasteiger partial charge in [0, 0.05) is 32.2 Å². The highest BCUT2D eigenvalue weighted by atomic mass is 32.1. The van der Waals surface area contributed by atoms with Crippen LogP contribution < -0.4 is 5.56 Å². The maximum absolute atomic E-state index is 12.0. The van der Waals surface area contributed by atoms with E-state index in [1.54, 1.807) is 0 Å². The van der Waals surface area contributed by atoms with Crippen molar-refractivity contribution in [1.29, 1.82) is 0 Å². The maximum Gasteiger partial charge on any atom is 0.268 e. The molecule has 0 bridgehead atoms. The van der Waals surface area contributed by atoms with Crippen LogP contribution in [0.2, 0.25) is 0 Å². The zero-order valence-electron chi connectivity index (χ0n) is 12.8. The first-order valence-electron chi connectivity index (χ1n) is 7.75. The molecule has 0 amide bonds. The average Bonchev–Trinajstić information content (AvgIpc) is 2.99. The number of hydrogen-bond acceptors (Lipinski definition) is 6. The average molecular weight is 322 g/mol. The van der Waals surface area contributed by atoms with Crippen molar-refractivity contribution in [2.75, 3.05) is 32.8 Å². The molecule has 1 saturated heterocycles. The minimum Gasteiger partial charge on any atom is -0.395 e. The van der Waals surface area contributed by atoms with E-state index in [0.717, 1.165) is 43.9 Å². The van der Waals surface area contributed by atoms with Gasteiger partial charge in [-0.25, -0.2) is 4.98 Å². The van der Waals surface area contributed by atoms with Crippen LogP contribution in [-0.4, -0.2) is 63.7 Å². The molecule has 2 aromatic rings. The number of hydrogen-bond donors (Lipinski definition) is 2. The number of thiophene rings is 1. The van der Waals surface area contributed by atoms with Crippen molar-refractivity contribution in [2.24, 2.45) is 0 Å². The van der Waals surface area contributed by atoms with E-state index in [1.807, 2.05) is 11.4 Å². The van der Waals surface area contributed by atoms with Crippen molar-refractivity contribution in [1.82, 2.24) is 19.8 Å². The van der Waals surface area contributed by atoms with E-state index >= 15 is 0 Å². The lowest BCUT2D eigenvalue weighted by Gasteiger charge is -2.38. The topological polar surface area (TPSA) is 72.5 Å². The number of aliphatic hydroxyl groups is 1. The molecule has 7 heteroatoms. The number of aromatic amines is 1. The lowest BCUT2D eigenvalue weighted by molar-refractivity contribution is 0.0599. The first-order chi connectivity index (χ1) is 10.7. The summed E-state index contributed by atoms with van der Waals surface area (Å²) in [5, 5.41) is 11.3. The Morgan fingerprint density at radius 3 is 2.86 bits per heavy atom. The number of aromatic nitrogens is 2. The van der Waals surface area contributed by atoms with Crippen molar-refractivity contribution < 1.29 is 5.11 Å². The first-order valence-corrected chi connectivity index (χ1v) is 8.63. The maximum atomic E-state index is 12.0. The summed E-state index contributed by atoms with van der Waals surface area (Å²) in [5.74, 6) is 0.735. The first kappa shape index (κ1) is 15.6. The van der Waals surface area contributed by atoms with Crippen LogP contribution in [0.25, 0.3) is 10.2 Å². The highest BCUT2D eigenvalue weighted by molar-refractivity contribution is 7.17. The summed E-state index contributed by atoms with van der Waals surface area (Å²) in [4.78, 5) is 24.1. The van der Waals surface area contributed by atoms with E-state index in [-0.39, 0.29) is 18.2 Å². The van der Waals surface area contributed by atoms with Gasteiger partial charge in [0.05, 0.1) is 18.7 Å². The molecule has 6 nitrogen and oxygen atoms in total. The number of H-pyrrole nitrogens is 1. The van der Waals surface area contributed by atoms with Crippen molar-refractivity contribution in [3.63, 3.8) is 0 Å². The van der Waals surface area contributed by atoms with Crippen LogP contribution in [0, 0.1) is 0 Å². The quantitative estimate of drug-likeness (QED) is 0.855. The molecule has 3 heterocycles. The van der Waals surface area contributed by atoms with Crippen LogP contribution in [0.1, 0.15) is 19.2 Å². The molecule has 1 aliphatic rings. The van der Waals surface area contributed by atoms with Crippen LogP contribution in [0.4, 0.5) is 0 Å². The van der Waals surface area contributed by atoms with Crippen LogP contribution in [0.3, 0.4) is 0 Å². The SMILES string of the molecule is CCC(CO)N1CCN(Cc2nc3ccsc3c(=O)[nH]2)CC1. The fraction of sp³-hybridized carbons (Fsp3) is 0.600. The van der Waals surface area contributed by atoms with Crippen molar-refractivity contribution in [2.45, 2.75) is 25.9 Å². The lowest BCUT2D eigenvalue weighted by atomic mass is 10.1. The molecular weight excluding hydrogens is 300 g/mol. The summed E-state index contributed by atoms with van der Waals surface area (Å²) in [6.45, 7) is 6.76. The fourth-order valence-corrected chi connectivity index (χ4v) is 3.72. The van der Waals surface area contributed by atoms with Crippen LogP contribution in [-0.2, 0) is 6.54 Å². The second-order valence-electron chi connectivity index (χ2n) is 5.70. The third-order valence-corrected chi connectivity index (χ3v) is 5.24. The summed E-state index contributed by atoms with van der Waals surface area (Å²) < 4.78 is 0.697. The zero-order valence-corrected chi connectivity index (χ0v) is 13.6. The van der Waals surface area contributed by atoms with Gasteiger partial charge in [0.25, 0.3) is 5.56 Å². The largest absolute Gasteiger partial charge is 0.395 e. The molecule has 0 radical (unpaired) electrons. The Balaban J connectivity index is 1.63.